The van der Waals surface area contributed by atoms with Gasteiger partial charge in [0.05, 0.1) is 24.3 Å². The fourth-order valence-electron chi connectivity index (χ4n) is 4.14. The molecule has 0 bridgehead atoms. The number of nitriles is 1. The third-order valence-corrected chi connectivity index (χ3v) is 6.26. The van der Waals surface area contributed by atoms with Gasteiger partial charge in [-0.1, -0.05) is 76.4 Å². The smallest absolute Gasteiger partial charge is 0.229 e. The third kappa shape index (κ3) is 12.2. The highest BCUT2D eigenvalue weighted by molar-refractivity contribution is 5.91. The zero-order valence-electron chi connectivity index (χ0n) is 24.9. The number of pyridine rings is 1. The van der Waals surface area contributed by atoms with Gasteiger partial charge in [0.1, 0.15) is 5.82 Å². The van der Waals surface area contributed by atoms with Crippen LogP contribution in [0.15, 0.2) is 79.3 Å². The summed E-state index contributed by atoms with van der Waals surface area (Å²) < 4.78 is 1.75. The van der Waals surface area contributed by atoms with Crippen LogP contribution in [0.4, 0.5) is 5.82 Å². The highest BCUT2D eigenvalue weighted by Gasteiger charge is 2.07. The Balaban J connectivity index is 0.000000378. The van der Waals surface area contributed by atoms with Gasteiger partial charge < -0.3 is 11.1 Å². The van der Waals surface area contributed by atoms with Crippen LogP contribution < -0.4 is 11.1 Å². The van der Waals surface area contributed by atoms with E-state index in [2.05, 4.69) is 40.5 Å². The predicted octanol–water partition coefficient (Wildman–Crippen LogP) is 6.87. The third-order valence-electron chi connectivity index (χ3n) is 6.26. The molecule has 2 aromatic heterocycles. The van der Waals surface area contributed by atoms with E-state index in [1.807, 2.05) is 75.6 Å². The van der Waals surface area contributed by atoms with Crippen LogP contribution in [0.3, 0.4) is 0 Å². The summed E-state index contributed by atoms with van der Waals surface area (Å²) in [7, 11) is 1.88. The summed E-state index contributed by atoms with van der Waals surface area (Å²) in [6.07, 6.45) is 12.8. The molecular formula is C34H44N6O. The van der Waals surface area contributed by atoms with Gasteiger partial charge in [-0.25, -0.2) is 4.98 Å². The molecular weight excluding hydrogens is 508 g/mol. The van der Waals surface area contributed by atoms with E-state index in [-0.39, 0.29) is 5.91 Å². The van der Waals surface area contributed by atoms with Crippen molar-refractivity contribution in [3.8, 4) is 17.2 Å². The van der Waals surface area contributed by atoms with Gasteiger partial charge >= 0.3 is 0 Å². The molecule has 0 fully saturated rings. The van der Waals surface area contributed by atoms with Gasteiger partial charge in [0.15, 0.2) is 0 Å². The van der Waals surface area contributed by atoms with Crippen molar-refractivity contribution in [2.45, 2.75) is 65.7 Å². The summed E-state index contributed by atoms with van der Waals surface area (Å²) in [6, 6.07) is 21.7. The van der Waals surface area contributed by atoms with Gasteiger partial charge in [-0.2, -0.15) is 10.4 Å². The van der Waals surface area contributed by atoms with Crippen LogP contribution in [0.1, 0.15) is 68.7 Å². The first-order valence-corrected chi connectivity index (χ1v) is 14.5. The molecule has 0 radical (unpaired) electrons. The monoisotopic (exact) mass is 552 g/mol. The summed E-state index contributed by atoms with van der Waals surface area (Å²) >= 11 is 0. The molecule has 0 spiro atoms. The predicted molar refractivity (Wildman–Crippen MR) is 168 cm³/mol. The fraction of sp³-hybridized carbons (Fsp3) is 0.353. The number of rotatable bonds is 11. The number of aromatic nitrogens is 3. The number of carbonyl (C=O) groups is 1. The maximum absolute atomic E-state index is 12.4. The molecule has 0 saturated carbocycles. The van der Waals surface area contributed by atoms with Crippen LogP contribution in [0.5, 0.6) is 0 Å². The lowest BCUT2D eigenvalue weighted by atomic mass is 10.0. The van der Waals surface area contributed by atoms with E-state index in [1.165, 1.54) is 36.8 Å². The van der Waals surface area contributed by atoms with Crippen molar-refractivity contribution in [3.05, 3.63) is 102 Å². The molecule has 0 aliphatic carbocycles. The summed E-state index contributed by atoms with van der Waals surface area (Å²) in [5.41, 5.74) is 11.6. The second kappa shape index (κ2) is 18.9. The van der Waals surface area contributed by atoms with Crippen molar-refractivity contribution in [1.29, 1.82) is 5.26 Å². The minimum atomic E-state index is -0.0511. The molecule has 0 unspecified atom stereocenters. The molecule has 0 aliphatic heterocycles. The van der Waals surface area contributed by atoms with Gasteiger partial charge in [-0.05, 0) is 66.8 Å². The first kappa shape index (κ1) is 32.9. The standard InChI is InChI=1S/C23H28N4O.C9H10N2.C2H6/c1-3-4-5-6-8-18-9-7-10-19(13-18)14-23(28)26-22-12-11-20(15-24-22)21-16-25-27(2)17-21;10-6-5-8-1-3-9(7-11)4-2-8;1-2/h7,9-13,15-17H,3-6,8,14H2,1-2H3,(H,24,26,28);1-4H,5-6,10H2;1-2H3. The fourth-order valence-corrected chi connectivity index (χ4v) is 4.14. The first-order valence-electron chi connectivity index (χ1n) is 14.5. The number of anilines is 1. The molecule has 41 heavy (non-hydrogen) atoms. The number of hydrogen-bond donors (Lipinski definition) is 2. The summed E-state index contributed by atoms with van der Waals surface area (Å²) in [5, 5.41) is 15.5. The zero-order valence-corrected chi connectivity index (χ0v) is 24.9. The number of aryl methyl sites for hydroxylation is 2. The first-order chi connectivity index (χ1) is 20.0. The number of hydrogen-bond acceptors (Lipinski definition) is 5. The summed E-state index contributed by atoms with van der Waals surface area (Å²) in [6.45, 7) is 6.88. The topological polar surface area (TPSA) is 110 Å². The molecule has 2 heterocycles. The molecule has 2 aromatic carbocycles. The number of amides is 1. The van der Waals surface area contributed by atoms with E-state index >= 15 is 0 Å². The quantitative estimate of drug-likeness (QED) is 0.197. The second-order valence-corrected chi connectivity index (χ2v) is 9.54. The largest absolute Gasteiger partial charge is 0.330 e. The van der Waals surface area contributed by atoms with Crippen molar-refractivity contribution < 1.29 is 4.79 Å². The van der Waals surface area contributed by atoms with Crippen LogP contribution >= 0.6 is 0 Å². The Labute approximate surface area is 245 Å². The maximum atomic E-state index is 12.4. The summed E-state index contributed by atoms with van der Waals surface area (Å²) in [4.78, 5) is 16.7. The lowest BCUT2D eigenvalue weighted by Gasteiger charge is -2.07. The molecule has 7 heteroatoms. The molecule has 7 nitrogen and oxygen atoms in total. The Kier molecular flexibility index (Phi) is 15.2. The Morgan fingerprint density at radius 2 is 1.68 bits per heavy atom. The number of unbranched alkanes of at least 4 members (excludes halogenated alkanes) is 3. The van der Waals surface area contributed by atoms with Gasteiger partial charge in [0, 0.05) is 30.6 Å². The Bertz CT molecular complexity index is 1340. The number of benzene rings is 2. The lowest BCUT2D eigenvalue weighted by Crippen LogP contribution is -2.15. The van der Waals surface area contributed by atoms with Crippen LogP contribution in [0.2, 0.25) is 0 Å². The SMILES string of the molecule is CC.CCCCCCc1cccc(CC(=O)Nc2ccc(-c3cnn(C)c3)cn2)c1.N#Cc1ccc(CCN)cc1. The summed E-state index contributed by atoms with van der Waals surface area (Å²) in [5.74, 6) is 0.512. The highest BCUT2D eigenvalue weighted by atomic mass is 16.1. The van der Waals surface area contributed by atoms with E-state index in [1.54, 1.807) is 17.1 Å². The molecule has 4 aromatic rings. The Morgan fingerprint density at radius 1 is 0.927 bits per heavy atom. The van der Waals surface area contributed by atoms with Crippen molar-refractivity contribution in [2.75, 3.05) is 11.9 Å². The minimum absolute atomic E-state index is 0.0511. The molecule has 4 rings (SSSR count). The molecule has 3 N–H and O–H groups in total. The van der Waals surface area contributed by atoms with Gasteiger partial charge in [0.2, 0.25) is 5.91 Å². The molecule has 216 valence electrons. The van der Waals surface area contributed by atoms with Crippen molar-refractivity contribution in [1.82, 2.24) is 14.8 Å². The number of nitrogens with zero attached hydrogens (tertiary/aromatic N) is 4. The molecule has 0 aliphatic rings. The van der Waals surface area contributed by atoms with Crippen LogP contribution in [0.25, 0.3) is 11.1 Å². The zero-order chi connectivity index (χ0) is 29.9. The van der Waals surface area contributed by atoms with Crippen LogP contribution in [0, 0.1) is 11.3 Å². The Morgan fingerprint density at radius 3 is 2.29 bits per heavy atom. The average molecular weight is 553 g/mol. The maximum Gasteiger partial charge on any atom is 0.229 e. The molecule has 1 amide bonds. The van der Waals surface area contributed by atoms with Gasteiger partial charge in [-0.15, -0.1) is 0 Å². The second-order valence-electron chi connectivity index (χ2n) is 9.54. The van der Waals surface area contributed by atoms with Gasteiger partial charge in [-0.3, -0.25) is 9.48 Å². The van der Waals surface area contributed by atoms with E-state index in [9.17, 15) is 4.79 Å². The van der Waals surface area contributed by atoms with Crippen LogP contribution in [-0.4, -0.2) is 27.2 Å². The molecule has 0 saturated heterocycles. The van der Waals surface area contributed by atoms with Crippen molar-refractivity contribution in [2.24, 2.45) is 12.8 Å². The highest BCUT2D eigenvalue weighted by Crippen LogP contribution is 2.19. The molecule has 0 atom stereocenters. The van der Waals surface area contributed by atoms with Crippen molar-refractivity contribution >= 4 is 11.7 Å². The van der Waals surface area contributed by atoms with Crippen LogP contribution in [-0.2, 0) is 31.1 Å². The number of nitrogens with one attached hydrogen (secondary N) is 1. The van der Waals surface area contributed by atoms with E-state index in [4.69, 9.17) is 11.0 Å². The number of nitrogens with two attached hydrogens (primary N) is 1. The van der Waals surface area contributed by atoms with Gasteiger partial charge in [0.25, 0.3) is 0 Å². The minimum Gasteiger partial charge on any atom is -0.330 e. The van der Waals surface area contributed by atoms with Crippen molar-refractivity contribution in [3.63, 3.8) is 0 Å². The Hall–Kier alpha value is -4.28. The lowest BCUT2D eigenvalue weighted by molar-refractivity contribution is -0.115. The number of carbonyl (C=O) groups excluding carboxylic acids is 1. The van der Waals surface area contributed by atoms with E-state index in [0.717, 1.165) is 29.5 Å². The average Bonchev–Trinajstić information content (AvgIpc) is 3.44. The van der Waals surface area contributed by atoms with E-state index < -0.39 is 0 Å². The normalized spacial score (nSPS) is 9.95. The van der Waals surface area contributed by atoms with E-state index in [0.29, 0.717) is 24.3 Å².